The van der Waals surface area contributed by atoms with E-state index >= 15 is 13.2 Å². The molecule has 0 bridgehead atoms. The zero-order chi connectivity index (χ0) is 54.2. The minimum absolute atomic E-state index is 0.0487. The van der Waals surface area contributed by atoms with Gasteiger partial charge < -0.3 is 18.3 Å². The summed E-state index contributed by atoms with van der Waals surface area (Å²) in [5.41, 5.74) is 8.60. The molecule has 11 aromatic carbocycles. The van der Waals surface area contributed by atoms with Gasteiger partial charge in [-0.2, -0.15) is 31.6 Å². The third-order valence-electron chi connectivity index (χ3n) is 15.8. The smallest absolute Gasteiger partial charge is 0.309 e. The van der Waals surface area contributed by atoms with Gasteiger partial charge in [0.05, 0.1) is 78.3 Å². The van der Waals surface area contributed by atoms with Crippen LogP contribution < -0.4 is 0 Å². The van der Waals surface area contributed by atoms with E-state index in [1.165, 1.54) is 0 Å². The van der Waals surface area contributed by atoms with Crippen LogP contribution in [0, 0.1) is 11.3 Å². The van der Waals surface area contributed by atoms with Crippen LogP contribution in [0.25, 0.3) is 132 Å². The highest BCUT2D eigenvalue weighted by molar-refractivity contribution is 6.15. The van der Waals surface area contributed by atoms with Crippen molar-refractivity contribution in [2.75, 3.05) is 0 Å². The fourth-order valence-electron chi connectivity index (χ4n) is 12.5. The quantitative estimate of drug-likeness (QED) is 0.153. The van der Waals surface area contributed by atoms with Crippen molar-refractivity contribution in [1.82, 2.24) is 18.3 Å². The second-order valence-electron chi connectivity index (χ2n) is 20.2. The fraction of sp³-hybridized carbons (Fsp3) is 0.0290. The molecule has 80 heavy (non-hydrogen) atoms. The van der Waals surface area contributed by atoms with Crippen LogP contribution in [0.1, 0.15) is 16.7 Å². The first-order valence-electron chi connectivity index (χ1n) is 25.9. The molecule has 4 heterocycles. The van der Waals surface area contributed by atoms with E-state index in [2.05, 4.69) is 121 Å². The van der Waals surface area contributed by atoms with Crippen molar-refractivity contribution in [3.05, 3.63) is 253 Å². The van der Waals surface area contributed by atoms with Crippen molar-refractivity contribution in [3.63, 3.8) is 0 Å². The molecule has 15 aromatic rings. The average molecular weight is 1050 g/mol. The number of hydrogen-bond acceptors (Lipinski definition) is 1. The molecular formula is C69H39F6N5. The van der Waals surface area contributed by atoms with Crippen LogP contribution in [0.2, 0.25) is 0 Å². The number of hydrogen-bond donors (Lipinski definition) is 0. The summed E-state index contributed by atoms with van der Waals surface area (Å²) in [6, 6.07) is 76.1. The number of fused-ring (bicyclic) bond motifs is 12. The van der Waals surface area contributed by atoms with Crippen molar-refractivity contribution < 1.29 is 26.3 Å². The molecule has 11 heteroatoms. The molecule has 4 aromatic heterocycles. The first-order chi connectivity index (χ1) is 38.9. The molecule has 5 nitrogen and oxygen atoms in total. The van der Waals surface area contributed by atoms with Gasteiger partial charge in [-0.05, 0) is 120 Å². The number of alkyl halides is 6. The lowest BCUT2D eigenvalue weighted by atomic mass is 9.92. The third-order valence-corrected chi connectivity index (χ3v) is 15.8. The summed E-state index contributed by atoms with van der Waals surface area (Å²) >= 11 is 0. The van der Waals surface area contributed by atoms with Crippen molar-refractivity contribution >= 4 is 87.2 Å². The summed E-state index contributed by atoms with van der Waals surface area (Å²) < 4.78 is 96.7. The molecule has 0 saturated heterocycles. The first-order valence-corrected chi connectivity index (χ1v) is 25.9. The van der Waals surface area contributed by atoms with Crippen molar-refractivity contribution in [3.8, 4) is 51.1 Å². The molecule has 0 N–H and O–H groups in total. The largest absolute Gasteiger partial charge is 0.417 e. The molecular weight excluding hydrogens is 1010 g/mol. The Hall–Kier alpha value is -10.3. The number of halogens is 6. The molecule has 0 amide bonds. The molecule has 0 atom stereocenters. The second kappa shape index (κ2) is 17.3. The van der Waals surface area contributed by atoms with Crippen LogP contribution in [-0.4, -0.2) is 18.3 Å². The maximum atomic E-state index is 15.2. The van der Waals surface area contributed by atoms with Crippen LogP contribution in [0.3, 0.4) is 0 Å². The SMILES string of the molecule is N#Cc1ccc(-c2cc(-c3ccc(C(F)(F)F)cc3C(F)(F)F)ccc2-n2c3ccccc3c3cc(-n4c5ccccc5c5ccccc54)ccc32)c(-n2c3ccccc3c3cc(-n4c5ccccc5c5ccccc54)ccc32)c1. The molecule has 0 aliphatic heterocycles. The maximum absolute atomic E-state index is 15.2. The lowest BCUT2D eigenvalue weighted by Gasteiger charge is -2.21. The minimum atomic E-state index is -5.14. The summed E-state index contributed by atoms with van der Waals surface area (Å²) in [4.78, 5) is 0. The van der Waals surface area contributed by atoms with Gasteiger partial charge in [-0.1, -0.05) is 127 Å². The predicted molar refractivity (Wildman–Crippen MR) is 309 cm³/mol. The Morgan fingerprint density at radius 2 is 0.700 bits per heavy atom. The lowest BCUT2D eigenvalue weighted by molar-refractivity contribution is -0.142. The number of nitriles is 1. The highest BCUT2D eigenvalue weighted by Crippen LogP contribution is 2.47. The van der Waals surface area contributed by atoms with E-state index in [1.807, 2.05) is 91.0 Å². The van der Waals surface area contributed by atoms with Gasteiger partial charge in [0.25, 0.3) is 0 Å². The van der Waals surface area contributed by atoms with Crippen molar-refractivity contribution in [2.24, 2.45) is 0 Å². The standard InChI is InChI=1S/C69H39F6N5/c70-68(71,72)43-27-31-46(57(37-43)69(73,74)75)42-26-32-64(79-62-23-11-5-17-51(62)55-38-44(28-33-65(55)79)77-58-19-7-1-13-47(58)48-14-2-8-20-59(48)77)54(36-42)53-30-25-41(40-76)35-67(53)80-63-24-12-6-18-52(63)56-39-45(29-34-66(56)80)78-60-21-9-3-15-49(60)50-16-4-10-22-61(50)78/h1-39H. The van der Waals surface area contributed by atoms with Gasteiger partial charge in [-0.3, -0.25) is 0 Å². The summed E-state index contributed by atoms with van der Waals surface area (Å²) in [7, 11) is 0. The Labute approximate surface area is 451 Å². The topological polar surface area (TPSA) is 43.5 Å². The fourth-order valence-corrected chi connectivity index (χ4v) is 12.5. The van der Waals surface area contributed by atoms with Gasteiger partial charge >= 0.3 is 12.4 Å². The molecule has 0 aliphatic rings. The molecule has 0 fully saturated rings. The van der Waals surface area contributed by atoms with Gasteiger partial charge in [0, 0.05) is 65.6 Å². The summed E-state index contributed by atoms with van der Waals surface area (Å²) in [6.45, 7) is 0. The third kappa shape index (κ3) is 7.05. The maximum Gasteiger partial charge on any atom is 0.417 e. The molecule has 0 radical (unpaired) electrons. The van der Waals surface area contributed by atoms with Gasteiger partial charge in [0.1, 0.15) is 0 Å². The van der Waals surface area contributed by atoms with Gasteiger partial charge in [-0.15, -0.1) is 0 Å². The van der Waals surface area contributed by atoms with Gasteiger partial charge in [0.2, 0.25) is 0 Å². The Morgan fingerprint density at radius 1 is 0.300 bits per heavy atom. The highest BCUT2D eigenvalue weighted by atomic mass is 19.4. The van der Waals surface area contributed by atoms with Crippen LogP contribution in [0.5, 0.6) is 0 Å². The van der Waals surface area contributed by atoms with Crippen LogP contribution >= 0.6 is 0 Å². The summed E-state index contributed by atoms with van der Waals surface area (Å²) in [6.07, 6.45) is -10.2. The Balaban J connectivity index is 1.01. The summed E-state index contributed by atoms with van der Waals surface area (Å²) in [5, 5.41) is 18.8. The van der Waals surface area contributed by atoms with E-state index in [4.69, 9.17) is 0 Å². The Kier molecular flexibility index (Phi) is 10.2. The summed E-state index contributed by atoms with van der Waals surface area (Å²) in [5.74, 6) is 0. The Morgan fingerprint density at radius 3 is 1.14 bits per heavy atom. The van der Waals surface area contributed by atoms with Crippen molar-refractivity contribution in [1.29, 1.82) is 5.26 Å². The Bertz CT molecular complexity index is 5030. The van der Waals surface area contributed by atoms with Crippen LogP contribution in [0.4, 0.5) is 26.3 Å². The molecule has 0 aliphatic carbocycles. The molecule has 382 valence electrons. The number of aromatic nitrogens is 4. The lowest BCUT2D eigenvalue weighted by Crippen LogP contribution is -2.12. The van der Waals surface area contributed by atoms with Gasteiger partial charge in [0.15, 0.2) is 0 Å². The van der Waals surface area contributed by atoms with E-state index in [9.17, 15) is 18.4 Å². The monoisotopic (exact) mass is 1050 g/mol. The second-order valence-corrected chi connectivity index (χ2v) is 20.2. The highest BCUT2D eigenvalue weighted by Gasteiger charge is 2.39. The van der Waals surface area contributed by atoms with E-state index < -0.39 is 29.0 Å². The molecule has 0 spiro atoms. The van der Waals surface area contributed by atoms with Crippen LogP contribution in [-0.2, 0) is 12.4 Å². The van der Waals surface area contributed by atoms with E-state index in [0.717, 1.165) is 105 Å². The van der Waals surface area contributed by atoms with Gasteiger partial charge in [-0.25, -0.2) is 0 Å². The van der Waals surface area contributed by atoms with E-state index in [-0.39, 0.29) is 11.6 Å². The zero-order valence-corrected chi connectivity index (χ0v) is 42.0. The van der Waals surface area contributed by atoms with Crippen LogP contribution in [0.15, 0.2) is 237 Å². The normalized spacial score (nSPS) is 12.4. The van der Waals surface area contributed by atoms with E-state index in [1.54, 1.807) is 30.3 Å². The first kappa shape index (κ1) is 46.9. The number of nitrogens with zero attached hydrogens (tertiary/aromatic N) is 5. The predicted octanol–water partition coefficient (Wildman–Crippen LogP) is 19.3. The molecule has 0 unspecified atom stereocenters. The average Bonchev–Trinajstić information content (AvgIpc) is 4.25. The molecule has 15 rings (SSSR count). The molecule has 0 saturated carbocycles. The van der Waals surface area contributed by atoms with Crippen molar-refractivity contribution in [2.45, 2.75) is 12.4 Å². The minimum Gasteiger partial charge on any atom is -0.309 e. The zero-order valence-electron chi connectivity index (χ0n) is 42.0. The van der Waals surface area contributed by atoms with E-state index in [0.29, 0.717) is 34.1 Å². The number of rotatable bonds is 6. The number of para-hydroxylation sites is 6. The number of benzene rings is 11.